The van der Waals surface area contributed by atoms with Crippen molar-refractivity contribution in [1.82, 2.24) is 9.88 Å². The second-order valence-corrected chi connectivity index (χ2v) is 8.53. The van der Waals surface area contributed by atoms with Gasteiger partial charge >= 0.3 is 6.09 Å². The maximum atomic E-state index is 12.3. The van der Waals surface area contributed by atoms with Crippen LogP contribution in [0.2, 0.25) is 5.02 Å². The predicted molar refractivity (Wildman–Crippen MR) is 121 cm³/mol. The number of carbonyl (C=O) groups is 2. The Morgan fingerprint density at radius 2 is 1.93 bits per heavy atom. The summed E-state index contributed by atoms with van der Waals surface area (Å²) in [6, 6.07) is 11.5. The van der Waals surface area contributed by atoms with Gasteiger partial charge in [-0.2, -0.15) is 0 Å². The molecule has 30 heavy (non-hydrogen) atoms. The molecule has 0 aliphatic heterocycles. The van der Waals surface area contributed by atoms with E-state index in [0.717, 1.165) is 21.3 Å². The largest absolute Gasteiger partial charge is 0.447 e. The summed E-state index contributed by atoms with van der Waals surface area (Å²) >= 11 is 7.52. The Morgan fingerprint density at radius 1 is 1.20 bits per heavy atom. The van der Waals surface area contributed by atoms with Crippen molar-refractivity contribution in [2.75, 3.05) is 25.5 Å². The fraction of sp³-hybridized carbons (Fsp3) is 0.318. The second kappa shape index (κ2) is 9.91. The van der Waals surface area contributed by atoms with Crippen LogP contribution in [0.25, 0.3) is 10.2 Å². The van der Waals surface area contributed by atoms with E-state index in [4.69, 9.17) is 16.3 Å². The minimum absolute atomic E-state index is 0.0316. The number of aromatic nitrogens is 1. The number of ether oxygens (including phenoxy) is 1. The molecule has 3 aromatic rings. The van der Waals surface area contributed by atoms with Crippen LogP contribution in [0, 0.1) is 13.8 Å². The Kier molecular flexibility index (Phi) is 7.29. The smallest absolute Gasteiger partial charge is 0.413 e. The number of nitrogens with one attached hydrogen (secondary N) is 1. The molecule has 1 aromatic heterocycles. The van der Waals surface area contributed by atoms with Crippen molar-refractivity contribution >= 4 is 50.3 Å². The van der Waals surface area contributed by atoms with E-state index in [1.165, 1.54) is 16.9 Å². The van der Waals surface area contributed by atoms with E-state index in [-0.39, 0.29) is 12.5 Å². The third-order valence-electron chi connectivity index (χ3n) is 4.86. The number of fused-ring (bicyclic) bond motifs is 1. The molecule has 0 fully saturated rings. The Bertz CT molecular complexity index is 1030. The van der Waals surface area contributed by atoms with Gasteiger partial charge in [0.1, 0.15) is 6.61 Å². The summed E-state index contributed by atoms with van der Waals surface area (Å²) in [6.07, 6.45) is 0.331. The van der Waals surface area contributed by atoms with Crippen LogP contribution in [0.3, 0.4) is 0 Å². The number of aryl methyl sites for hydroxylation is 3. The van der Waals surface area contributed by atoms with Crippen molar-refractivity contribution < 1.29 is 14.3 Å². The summed E-state index contributed by atoms with van der Waals surface area (Å²) in [6.45, 7) is 4.49. The van der Waals surface area contributed by atoms with Gasteiger partial charge in [0.05, 0.1) is 16.8 Å². The quantitative estimate of drug-likeness (QED) is 0.542. The van der Waals surface area contributed by atoms with E-state index in [1.807, 2.05) is 44.2 Å². The molecule has 6 nitrogen and oxygen atoms in total. The zero-order chi connectivity index (χ0) is 21.7. The number of halogens is 1. The molecule has 3 rings (SSSR count). The van der Waals surface area contributed by atoms with E-state index in [0.29, 0.717) is 29.5 Å². The molecule has 2 amide bonds. The molecule has 0 saturated carbocycles. The van der Waals surface area contributed by atoms with Crippen molar-refractivity contribution in [3.8, 4) is 0 Å². The first-order chi connectivity index (χ1) is 14.3. The van der Waals surface area contributed by atoms with Crippen molar-refractivity contribution in [2.45, 2.75) is 26.7 Å². The first-order valence-electron chi connectivity index (χ1n) is 9.62. The van der Waals surface area contributed by atoms with Crippen LogP contribution in [-0.4, -0.2) is 42.1 Å². The number of hydrogen-bond acceptors (Lipinski definition) is 5. The predicted octanol–water partition coefficient (Wildman–Crippen LogP) is 5.21. The van der Waals surface area contributed by atoms with Crippen LogP contribution < -0.4 is 5.32 Å². The monoisotopic (exact) mass is 445 g/mol. The maximum absolute atomic E-state index is 12.3. The van der Waals surface area contributed by atoms with E-state index in [1.54, 1.807) is 11.9 Å². The zero-order valence-electron chi connectivity index (χ0n) is 17.2. The highest BCUT2D eigenvalue weighted by Crippen LogP contribution is 2.28. The highest BCUT2D eigenvalue weighted by Gasteiger charge is 2.13. The Morgan fingerprint density at radius 3 is 2.70 bits per heavy atom. The van der Waals surface area contributed by atoms with Crippen LogP contribution in [0.5, 0.6) is 0 Å². The average molecular weight is 446 g/mol. The van der Waals surface area contributed by atoms with Gasteiger partial charge in [0, 0.05) is 18.5 Å². The van der Waals surface area contributed by atoms with Crippen molar-refractivity contribution in [3.63, 3.8) is 0 Å². The molecule has 0 aliphatic rings. The molecule has 0 spiro atoms. The molecule has 0 unspecified atom stereocenters. The number of benzene rings is 2. The van der Waals surface area contributed by atoms with Crippen LogP contribution in [0.15, 0.2) is 36.4 Å². The lowest BCUT2D eigenvalue weighted by Gasteiger charge is -2.17. The number of hydrogen-bond donors (Lipinski definition) is 1. The Hall–Kier alpha value is -2.64. The minimum atomic E-state index is -0.584. The SMILES string of the molecule is Cc1cc2nc(NC(=O)OCCN(C)C(=O)CCc3ccccc3Cl)sc2cc1C. The van der Waals surface area contributed by atoms with Gasteiger partial charge in [-0.3, -0.25) is 10.1 Å². The lowest BCUT2D eigenvalue weighted by atomic mass is 10.1. The first kappa shape index (κ1) is 22.1. The maximum Gasteiger partial charge on any atom is 0.413 e. The van der Waals surface area contributed by atoms with Crippen molar-refractivity contribution in [3.05, 3.63) is 58.1 Å². The standard InChI is InChI=1S/C22H24ClN3O3S/c1-14-12-18-19(13-15(14)2)30-21(24-18)25-22(28)29-11-10-26(3)20(27)9-8-16-6-4-5-7-17(16)23/h4-7,12-13H,8-11H2,1-3H3,(H,24,25,28). The molecule has 158 valence electrons. The zero-order valence-corrected chi connectivity index (χ0v) is 18.8. The van der Waals surface area contributed by atoms with Crippen LogP contribution in [0.4, 0.5) is 9.93 Å². The van der Waals surface area contributed by atoms with E-state index >= 15 is 0 Å². The lowest BCUT2D eigenvalue weighted by molar-refractivity contribution is -0.130. The lowest BCUT2D eigenvalue weighted by Crippen LogP contribution is -2.31. The van der Waals surface area contributed by atoms with Gasteiger partial charge in [0.15, 0.2) is 5.13 Å². The molecule has 8 heteroatoms. The van der Waals surface area contributed by atoms with E-state index < -0.39 is 6.09 Å². The van der Waals surface area contributed by atoms with E-state index in [2.05, 4.69) is 16.4 Å². The number of likely N-dealkylation sites (N-methyl/N-ethyl adjacent to an activating group) is 1. The second-order valence-electron chi connectivity index (χ2n) is 7.09. The topological polar surface area (TPSA) is 71.5 Å². The summed E-state index contributed by atoms with van der Waals surface area (Å²) in [5.41, 5.74) is 4.13. The molecule has 0 radical (unpaired) electrons. The summed E-state index contributed by atoms with van der Waals surface area (Å²) in [5.74, 6) is -0.0316. The fourth-order valence-electron chi connectivity index (χ4n) is 2.89. The van der Waals surface area contributed by atoms with Crippen LogP contribution in [0.1, 0.15) is 23.1 Å². The third-order valence-corrected chi connectivity index (χ3v) is 6.17. The fourth-order valence-corrected chi connectivity index (χ4v) is 4.05. The van der Waals surface area contributed by atoms with Gasteiger partial charge in [-0.1, -0.05) is 41.1 Å². The number of thiazole rings is 1. The summed E-state index contributed by atoms with van der Waals surface area (Å²) in [7, 11) is 1.69. The average Bonchev–Trinajstić information content (AvgIpc) is 3.08. The molecular formula is C22H24ClN3O3S. The number of anilines is 1. The highest BCUT2D eigenvalue weighted by molar-refractivity contribution is 7.22. The van der Waals surface area contributed by atoms with Gasteiger partial charge in [-0.05, 0) is 55.2 Å². The molecule has 1 heterocycles. The molecule has 0 aliphatic carbocycles. The van der Waals surface area contributed by atoms with Crippen LogP contribution >= 0.6 is 22.9 Å². The number of carbonyl (C=O) groups excluding carboxylic acids is 2. The molecular weight excluding hydrogens is 422 g/mol. The molecule has 0 saturated heterocycles. The number of amides is 2. The summed E-state index contributed by atoms with van der Waals surface area (Å²) in [4.78, 5) is 30.3. The molecule has 1 N–H and O–H groups in total. The molecule has 2 aromatic carbocycles. The van der Waals surface area contributed by atoms with Gasteiger partial charge < -0.3 is 9.64 Å². The van der Waals surface area contributed by atoms with Gasteiger partial charge in [0.25, 0.3) is 0 Å². The van der Waals surface area contributed by atoms with Crippen molar-refractivity contribution in [1.29, 1.82) is 0 Å². The number of nitrogens with zero attached hydrogens (tertiary/aromatic N) is 2. The van der Waals surface area contributed by atoms with Crippen LogP contribution in [-0.2, 0) is 16.0 Å². The first-order valence-corrected chi connectivity index (χ1v) is 10.8. The highest BCUT2D eigenvalue weighted by atomic mass is 35.5. The normalized spacial score (nSPS) is 10.8. The number of rotatable bonds is 7. The Labute approximate surface area is 184 Å². The Balaban J connectivity index is 1.42. The third kappa shape index (κ3) is 5.70. The van der Waals surface area contributed by atoms with Gasteiger partial charge in [-0.15, -0.1) is 0 Å². The van der Waals surface area contributed by atoms with E-state index in [9.17, 15) is 9.59 Å². The molecule has 0 atom stereocenters. The summed E-state index contributed by atoms with van der Waals surface area (Å²) in [5, 5.41) is 3.80. The van der Waals surface area contributed by atoms with Gasteiger partial charge in [0.2, 0.25) is 5.91 Å². The summed E-state index contributed by atoms with van der Waals surface area (Å²) < 4.78 is 6.21. The van der Waals surface area contributed by atoms with Gasteiger partial charge in [-0.25, -0.2) is 9.78 Å². The van der Waals surface area contributed by atoms with Crippen molar-refractivity contribution in [2.24, 2.45) is 0 Å². The minimum Gasteiger partial charge on any atom is -0.447 e. The molecule has 0 bridgehead atoms.